The molecule has 0 atom stereocenters. The summed E-state index contributed by atoms with van der Waals surface area (Å²) in [6.07, 6.45) is 3.87. The number of sulfonamides is 1. The number of rotatable bonds is 5. The van der Waals surface area contributed by atoms with Gasteiger partial charge in [-0.1, -0.05) is 11.3 Å². The molecule has 10 heteroatoms. The van der Waals surface area contributed by atoms with Crippen molar-refractivity contribution in [3.63, 3.8) is 0 Å². The quantitative estimate of drug-likeness (QED) is 0.495. The number of nitrogens with zero attached hydrogens (tertiary/aromatic N) is 4. The third-order valence-corrected chi connectivity index (χ3v) is 9.94. The third kappa shape index (κ3) is 4.49. The van der Waals surface area contributed by atoms with E-state index in [2.05, 4.69) is 29.4 Å². The Morgan fingerprint density at radius 2 is 1.67 bits per heavy atom. The van der Waals surface area contributed by atoms with Gasteiger partial charge < -0.3 is 9.80 Å². The van der Waals surface area contributed by atoms with Crippen molar-refractivity contribution < 1.29 is 13.2 Å². The Bertz CT molecular complexity index is 1260. The van der Waals surface area contributed by atoms with E-state index < -0.39 is 10.0 Å². The Labute approximate surface area is 202 Å². The molecule has 174 valence electrons. The molecular weight excluding hydrogens is 476 g/mol. The van der Waals surface area contributed by atoms with Crippen LogP contribution in [-0.4, -0.2) is 74.0 Å². The van der Waals surface area contributed by atoms with Gasteiger partial charge in [0.05, 0.1) is 15.1 Å². The molecule has 0 saturated carbocycles. The summed E-state index contributed by atoms with van der Waals surface area (Å²) < 4.78 is 28.1. The van der Waals surface area contributed by atoms with Crippen molar-refractivity contribution in [3.05, 3.63) is 48.0 Å². The van der Waals surface area contributed by atoms with Crippen molar-refractivity contribution >= 4 is 54.4 Å². The third-order valence-electron chi connectivity index (χ3n) is 6.23. The predicted molar refractivity (Wildman–Crippen MR) is 134 cm³/mol. The van der Waals surface area contributed by atoms with Crippen LogP contribution in [0.2, 0.25) is 0 Å². The molecule has 7 nitrogen and oxygen atoms in total. The Balaban J connectivity index is 1.23. The van der Waals surface area contributed by atoms with Gasteiger partial charge in [0.25, 0.3) is 5.91 Å². The molecule has 0 spiro atoms. The monoisotopic (exact) mass is 502 g/mol. The molecule has 0 aliphatic carbocycles. The lowest BCUT2D eigenvalue weighted by Crippen LogP contribution is -2.48. The Hall–Kier alpha value is -2.14. The number of hydrogen-bond donors (Lipinski definition) is 0. The highest BCUT2D eigenvalue weighted by Gasteiger charge is 2.28. The van der Waals surface area contributed by atoms with Crippen LogP contribution < -0.4 is 4.90 Å². The summed E-state index contributed by atoms with van der Waals surface area (Å²) >= 11 is 3.41. The zero-order valence-electron chi connectivity index (χ0n) is 18.4. The Morgan fingerprint density at radius 3 is 2.33 bits per heavy atom. The summed E-state index contributed by atoms with van der Waals surface area (Å²) in [7, 11) is -3.47. The van der Waals surface area contributed by atoms with Gasteiger partial charge in [-0.15, -0.1) is 11.8 Å². The van der Waals surface area contributed by atoms with E-state index in [1.54, 1.807) is 47.4 Å². The van der Waals surface area contributed by atoms with Crippen LogP contribution in [0, 0.1) is 0 Å². The van der Waals surface area contributed by atoms with Gasteiger partial charge in [0.2, 0.25) is 10.0 Å². The maximum Gasteiger partial charge on any atom is 0.253 e. The first-order valence-electron chi connectivity index (χ1n) is 11.0. The highest BCUT2D eigenvalue weighted by molar-refractivity contribution is 7.98. The van der Waals surface area contributed by atoms with Crippen LogP contribution in [0.25, 0.3) is 10.2 Å². The number of piperazine rings is 1. The standard InChI is InChI=1S/C23H26N4O3S3/c1-31-18-6-9-20-21(16-18)32-23(24-20)26-14-12-25(13-15-26)22(28)17-4-7-19(8-5-17)33(29,30)27-10-2-3-11-27/h4-9,16H,2-3,10-15H2,1H3. The second-order valence-electron chi connectivity index (χ2n) is 8.24. The van der Waals surface area contributed by atoms with Crippen LogP contribution >= 0.6 is 23.1 Å². The SMILES string of the molecule is CSc1ccc2nc(N3CCN(C(=O)c4ccc(S(=O)(=O)N5CCCC5)cc4)CC3)sc2c1. The van der Waals surface area contributed by atoms with E-state index in [1.807, 2.05) is 4.90 Å². The van der Waals surface area contributed by atoms with Gasteiger partial charge in [0.15, 0.2) is 5.13 Å². The van der Waals surface area contributed by atoms with E-state index in [0.717, 1.165) is 36.6 Å². The van der Waals surface area contributed by atoms with Crippen LogP contribution in [0.1, 0.15) is 23.2 Å². The average Bonchev–Trinajstić information content (AvgIpc) is 3.54. The van der Waals surface area contributed by atoms with Crippen molar-refractivity contribution in [3.8, 4) is 0 Å². The van der Waals surface area contributed by atoms with E-state index in [9.17, 15) is 13.2 Å². The van der Waals surface area contributed by atoms with Gasteiger partial charge in [0, 0.05) is 49.7 Å². The molecule has 0 N–H and O–H groups in total. The first-order valence-corrected chi connectivity index (χ1v) is 14.5. The molecule has 2 aromatic carbocycles. The lowest BCUT2D eigenvalue weighted by atomic mass is 10.2. The van der Waals surface area contributed by atoms with Gasteiger partial charge in [-0.25, -0.2) is 13.4 Å². The molecule has 0 bridgehead atoms. The molecular formula is C23H26N4O3S3. The van der Waals surface area contributed by atoms with E-state index in [1.165, 1.54) is 13.9 Å². The lowest BCUT2D eigenvalue weighted by molar-refractivity contribution is 0.0746. The van der Waals surface area contributed by atoms with Crippen molar-refractivity contribution in [2.45, 2.75) is 22.6 Å². The van der Waals surface area contributed by atoms with Crippen LogP contribution in [0.3, 0.4) is 0 Å². The molecule has 5 rings (SSSR count). The minimum Gasteiger partial charge on any atom is -0.345 e. The predicted octanol–water partition coefficient (Wildman–Crippen LogP) is 3.77. The molecule has 2 aliphatic rings. The number of hydrogen-bond acceptors (Lipinski definition) is 7. The normalized spacial score (nSPS) is 17.7. The second kappa shape index (κ2) is 9.25. The van der Waals surface area contributed by atoms with Crippen molar-refractivity contribution in [2.75, 3.05) is 50.4 Å². The number of amides is 1. The molecule has 2 fully saturated rings. The summed E-state index contributed by atoms with van der Waals surface area (Å²) in [6, 6.07) is 12.7. The fourth-order valence-corrected chi connectivity index (χ4v) is 7.37. The number of thiazole rings is 1. The highest BCUT2D eigenvalue weighted by atomic mass is 32.2. The van der Waals surface area contributed by atoms with Gasteiger partial charge in [-0.3, -0.25) is 4.79 Å². The molecule has 2 saturated heterocycles. The fourth-order valence-electron chi connectivity index (χ4n) is 4.29. The summed E-state index contributed by atoms with van der Waals surface area (Å²) in [5.41, 5.74) is 1.53. The number of carbonyl (C=O) groups is 1. The maximum absolute atomic E-state index is 13.0. The highest BCUT2D eigenvalue weighted by Crippen LogP contribution is 2.32. The van der Waals surface area contributed by atoms with E-state index in [-0.39, 0.29) is 10.8 Å². The van der Waals surface area contributed by atoms with E-state index in [0.29, 0.717) is 31.7 Å². The summed E-state index contributed by atoms with van der Waals surface area (Å²) in [5.74, 6) is -0.0614. The Morgan fingerprint density at radius 1 is 0.970 bits per heavy atom. The van der Waals surface area contributed by atoms with Crippen LogP contribution in [0.4, 0.5) is 5.13 Å². The smallest absolute Gasteiger partial charge is 0.253 e. The Kier molecular flexibility index (Phi) is 6.34. The fraction of sp³-hybridized carbons (Fsp3) is 0.391. The van der Waals surface area contributed by atoms with Crippen LogP contribution in [0.5, 0.6) is 0 Å². The zero-order valence-corrected chi connectivity index (χ0v) is 20.9. The molecule has 1 aromatic heterocycles. The molecule has 2 aliphatic heterocycles. The number of anilines is 1. The summed E-state index contributed by atoms with van der Waals surface area (Å²) in [6.45, 7) is 3.81. The molecule has 3 heterocycles. The molecule has 0 unspecified atom stereocenters. The van der Waals surface area contributed by atoms with Gasteiger partial charge in [-0.05, 0) is 61.6 Å². The number of carbonyl (C=O) groups excluding carboxylic acids is 1. The lowest BCUT2D eigenvalue weighted by Gasteiger charge is -2.34. The van der Waals surface area contributed by atoms with Gasteiger partial charge in [0.1, 0.15) is 0 Å². The van der Waals surface area contributed by atoms with E-state index in [4.69, 9.17) is 4.98 Å². The van der Waals surface area contributed by atoms with Gasteiger partial charge >= 0.3 is 0 Å². The minimum atomic E-state index is -3.47. The number of benzene rings is 2. The summed E-state index contributed by atoms with van der Waals surface area (Å²) in [4.78, 5) is 23.3. The van der Waals surface area contributed by atoms with Crippen LogP contribution in [-0.2, 0) is 10.0 Å². The molecule has 0 radical (unpaired) electrons. The molecule has 33 heavy (non-hydrogen) atoms. The first-order chi connectivity index (χ1) is 16.0. The number of fused-ring (bicyclic) bond motifs is 1. The van der Waals surface area contributed by atoms with Gasteiger partial charge in [-0.2, -0.15) is 4.31 Å². The second-order valence-corrected chi connectivity index (χ2v) is 12.1. The number of thioether (sulfide) groups is 1. The van der Waals surface area contributed by atoms with Crippen molar-refractivity contribution in [1.29, 1.82) is 0 Å². The molecule has 3 aromatic rings. The largest absolute Gasteiger partial charge is 0.345 e. The minimum absolute atomic E-state index is 0.0614. The maximum atomic E-state index is 13.0. The zero-order chi connectivity index (χ0) is 23.0. The van der Waals surface area contributed by atoms with Crippen molar-refractivity contribution in [1.82, 2.24) is 14.2 Å². The molecule has 1 amide bonds. The summed E-state index contributed by atoms with van der Waals surface area (Å²) in [5, 5.41) is 0.992. The van der Waals surface area contributed by atoms with E-state index >= 15 is 0 Å². The topological polar surface area (TPSA) is 73.8 Å². The van der Waals surface area contributed by atoms with Crippen LogP contribution in [0.15, 0.2) is 52.3 Å². The first kappa shape index (κ1) is 22.6. The average molecular weight is 503 g/mol. The van der Waals surface area contributed by atoms with Crippen molar-refractivity contribution in [2.24, 2.45) is 0 Å². The number of aromatic nitrogens is 1.